The van der Waals surface area contributed by atoms with Crippen LogP contribution in [0, 0.1) is 13.8 Å². The van der Waals surface area contributed by atoms with Crippen molar-refractivity contribution in [2.75, 3.05) is 13.7 Å². The second-order valence-corrected chi connectivity index (χ2v) is 5.10. The molecule has 2 aromatic rings. The lowest BCUT2D eigenvalue weighted by molar-refractivity contribution is -0.123. The molecule has 2 aromatic carbocycles. The molecule has 0 heterocycles. The zero-order valence-corrected chi connectivity index (χ0v) is 13.5. The van der Waals surface area contributed by atoms with Gasteiger partial charge in [0.25, 0.3) is 5.91 Å². The summed E-state index contributed by atoms with van der Waals surface area (Å²) in [7, 11) is 1.61. The Hall–Kier alpha value is -2.82. The smallest absolute Gasteiger partial charge is 0.277 e. The summed E-state index contributed by atoms with van der Waals surface area (Å²) in [6, 6.07) is 13.1. The quantitative estimate of drug-likeness (QED) is 0.659. The van der Waals surface area contributed by atoms with Gasteiger partial charge in [-0.15, -0.1) is 0 Å². The Kier molecular flexibility index (Phi) is 5.74. The first-order chi connectivity index (χ1) is 11.1. The van der Waals surface area contributed by atoms with Gasteiger partial charge in [0.2, 0.25) is 0 Å². The van der Waals surface area contributed by atoms with Gasteiger partial charge in [-0.25, -0.2) is 5.43 Å². The van der Waals surface area contributed by atoms with Crippen LogP contribution >= 0.6 is 0 Å². The Morgan fingerprint density at radius 2 is 1.78 bits per heavy atom. The van der Waals surface area contributed by atoms with Crippen LogP contribution in [0.4, 0.5) is 0 Å². The van der Waals surface area contributed by atoms with Crippen LogP contribution in [0.25, 0.3) is 0 Å². The fourth-order valence-corrected chi connectivity index (χ4v) is 1.85. The largest absolute Gasteiger partial charge is 0.497 e. The normalized spacial score (nSPS) is 10.6. The number of hydrogen-bond donors (Lipinski definition) is 1. The SMILES string of the molecule is COc1ccc(C=NNC(=O)COc2ccc(C)c(C)c2)cc1. The average molecular weight is 312 g/mol. The minimum absolute atomic E-state index is 0.0809. The Morgan fingerprint density at radius 3 is 2.43 bits per heavy atom. The zero-order chi connectivity index (χ0) is 16.7. The molecule has 0 saturated carbocycles. The minimum Gasteiger partial charge on any atom is -0.497 e. The summed E-state index contributed by atoms with van der Waals surface area (Å²) in [5.74, 6) is 1.13. The second-order valence-electron chi connectivity index (χ2n) is 5.10. The zero-order valence-electron chi connectivity index (χ0n) is 13.5. The molecule has 0 aliphatic rings. The molecule has 1 N–H and O–H groups in total. The van der Waals surface area contributed by atoms with E-state index in [0.29, 0.717) is 5.75 Å². The molecule has 0 fully saturated rings. The van der Waals surface area contributed by atoms with E-state index in [1.54, 1.807) is 13.3 Å². The average Bonchev–Trinajstić information content (AvgIpc) is 2.56. The molecule has 0 atom stereocenters. The Balaban J connectivity index is 1.79. The third-order valence-corrected chi connectivity index (χ3v) is 3.37. The lowest BCUT2D eigenvalue weighted by Crippen LogP contribution is -2.24. The Bertz CT molecular complexity index is 694. The van der Waals surface area contributed by atoms with E-state index in [2.05, 4.69) is 10.5 Å². The van der Waals surface area contributed by atoms with E-state index in [1.807, 2.05) is 56.3 Å². The molecule has 5 heteroatoms. The number of nitrogens with one attached hydrogen (secondary N) is 1. The van der Waals surface area contributed by atoms with Crippen molar-refractivity contribution < 1.29 is 14.3 Å². The summed E-state index contributed by atoms with van der Waals surface area (Å²) in [5, 5.41) is 3.90. The topological polar surface area (TPSA) is 59.9 Å². The molecule has 23 heavy (non-hydrogen) atoms. The van der Waals surface area contributed by atoms with Crippen molar-refractivity contribution in [1.82, 2.24) is 5.43 Å². The van der Waals surface area contributed by atoms with Crippen LogP contribution in [0.1, 0.15) is 16.7 Å². The van der Waals surface area contributed by atoms with Crippen molar-refractivity contribution in [3.05, 3.63) is 59.2 Å². The van der Waals surface area contributed by atoms with Crippen molar-refractivity contribution in [2.24, 2.45) is 5.10 Å². The van der Waals surface area contributed by atoms with Crippen LogP contribution in [0.2, 0.25) is 0 Å². The molecule has 0 aliphatic heterocycles. The lowest BCUT2D eigenvalue weighted by atomic mass is 10.1. The van der Waals surface area contributed by atoms with Crippen molar-refractivity contribution in [2.45, 2.75) is 13.8 Å². The van der Waals surface area contributed by atoms with Crippen LogP contribution in [-0.2, 0) is 4.79 Å². The summed E-state index contributed by atoms with van der Waals surface area (Å²) in [6.07, 6.45) is 1.56. The van der Waals surface area contributed by atoms with Gasteiger partial charge in [0.15, 0.2) is 6.61 Å². The van der Waals surface area contributed by atoms with Crippen molar-refractivity contribution in [3.8, 4) is 11.5 Å². The van der Waals surface area contributed by atoms with Crippen molar-refractivity contribution in [3.63, 3.8) is 0 Å². The number of benzene rings is 2. The molecular weight excluding hydrogens is 292 g/mol. The molecule has 0 aromatic heterocycles. The van der Waals surface area contributed by atoms with Crippen LogP contribution in [0.15, 0.2) is 47.6 Å². The van der Waals surface area contributed by atoms with Crippen molar-refractivity contribution in [1.29, 1.82) is 0 Å². The number of methoxy groups -OCH3 is 1. The number of carbonyl (C=O) groups excluding carboxylic acids is 1. The van der Waals surface area contributed by atoms with Gasteiger partial charge >= 0.3 is 0 Å². The molecule has 0 bridgehead atoms. The summed E-state index contributed by atoms with van der Waals surface area (Å²) >= 11 is 0. The highest BCUT2D eigenvalue weighted by molar-refractivity contribution is 5.83. The highest BCUT2D eigenvalue weighted by atomic mass is 16.5. The number of aryl methyl sites for hydroxylation is 2. The van der Waals surface area contributed by atoms with E-state index in [4.69, 9.17) is 9.47 Å². The maximum Gasteiger partial charge on any atom is 0.277 e. The third kappa shape index (κ3) is 5.14. The molecule has 2 rings (SSSR count). The minimum atomic E-state index is -0.312. The first kappa shape index (κ1) is 16.5. The fourth-order valence-electron chi connectivity index (χ4n) is 1.85. The molecule has 0 saturated heterocycles. The van der Waals surface area contributed by atoms with Crippen LogP contribution in [0.5, 0.6) is 11.5 Å². The van der Waals surface area contributed by atoms with E-state index < -0.39 is 0 Å². The van der Waals surface area contributed by atoms with E-state index in [0.717, 1.165) is 16.9 Å². The van der Waals surface area contributed by atoms with Crippen LogP contribution in [-0.4, -0.2) is 25.8 Å². The van der Waals surface area contributed by atoms with Gasteiger partial charge in [-0.05, 0) is 66.9 Å². The molecular formula is C18H20N2O3. The van der Waals surface area contributed by atoms with Gasteiger partial charge in [0, 0.05) is 0 Å². The molecule has 120 valence electrons. The second kappa shape index (κ2) is 7.98. The first-order valence-electron chi connectivity index (χ1n) is 7.24. The molecule has 1 amide bonds. The summed E-state index contributed by atoms with van der Waals surface area (Å²) < 4.78 is 10.5. The number of nitrogens with zero attached hydrogens (tertiary/aromatic N) is 1. The van der Waals surface area contributed by atoms with Crippen molar-refractivity contribution >= 4 is 12.1 Å². The summed E-state index contributed by atoms with van der Waals surface area (Å²) in [4.78, 5) is 11.7. The Labute approximate surface area is 135 Å². The van der Waals surface area contributed by atoms with Gasteiger partial charge in [-0.1, -0.05) is 6.07 Å². The van der Waals surface area contributed by atoms with E-state index >= 15 is 0 Å². The highest BCUT2D eigenvalue weighted by Gasteiger charge is 2.02. The number of hydrogen-bond acceptors (Lipinski definition) is 4. The van der Waals surface area contributed by atoms with Gasteiger partial charge in [-0.2, -0.15) is 5.10 Å². The molecule has 0 radical (unpaired) electrons. The van der Waals surface area contributed by atoms with Gasteiger partial charge < -0.3 is 9.47 Å². The van der Waals surface area contributed by atoms with Gasteiger partial charge in [0.05, 0.1) is 13.3 Å². The predicted octanol–water partition coefficient (Wildman–Crippen LogP) is 2.84. The first-order valence-corrected chi connectivity index (χ1v) is 7.24. The van der Waals surface area contributed by atoms with Crippen LogP contribution in [0.3, 0.4) is 0 Å². The van der Waals surface area contributed by atoms with Gasteiger partial charge in [-0.3, -0.25) is 4.79 Å². The highest BCUT2D eigenvalue weighted by Crippen LogP contribution is 2.16. The number of rotatable bonds is 6. The molecule has 0 aliphatic carbocycles. The van der Waals surface area contributed by atoms with Gasteiger partial charge in [0.1, 0.15) is 11.5 Å². The Morgan fingerprint density at radius 1 is 1.09 bits per heavy atom. The summed E-state index contributed by atoms with van der Waals surface area (Å²) in [6.45, 7) is 3.95. The molecule has 0 spiro atoms. The number of amides is 1. The summed E-state index contributed by atoms with van der Waals surface area (Å²) in [5.41, 5.74) is 5.60. The maximum absolute atomic E-state index is 11.7. The lowest BCUT2D eigenvalue weighted by Gasteiger charge is -2.07. The molecule has 5 nitrogen and oxygen atoms in total. The standard InChI is InChI=1S/C18H20N2O3/c1-13-4-7-17(10-14(13)2)23-12-18(21)20-19-11-15-5-8-16(22-3)9-6-15/h4-11H,12H2,1-3H3,(H,20,21). The number of hydrazone groups is 1. The van der Waals surface area contributed by atoms with E-state index in [9.17, 15) is 4.79 Å². The molecule has 0 unspecified atom stereocenters. The number of ether oxygens (including phenoxy) is 2. The maximum atomic E-state index is 11.7. The van der Waals surface area contributed by atoms with E-state index in [-0.39, 0.29) is 12.5 Å². The van der Waals surface area contributed by atoms with Crippen LogP contribution < -0.4 is 14.9 Å². The predicted molar refractivity (Wildman–Crippen MR) is 90.1 cm³/mol. The third-order valence-electron chi connectivity index (χ3n) is 3.37. The monoisotopic (exact) mass is 312 g/mol. The fraction of sp³-hybridized carbons (Fsp3) is 0.222. The number of carbonyl (C=O) groups is 1. The van der Waals surface area contributed by atoms with E-state index in [1.165, 1.54) is 5.56 Å².